The first-order valence-corrected chi connectivity index (χ1v) is 9.44. The maximum Gasteiger partial charge on any atom is 0.191 e. The normalized spacial score (nSPS) is 12.0. The van der Waals surface area contributed by atoms with E-state index in [-0.39, 0.29) is 0 Å². The highest BCUT2D eigenvalue weighted by atomic mass is 35.5. The molecule has 0 atom stereocenters. The molecule has 0 aliphatic rings. The summed E-state index contributed by atoms with van der Waals surface area (Å²) in [5, 5.41) is 11.0. The first-order valence-electron chi connectivity index (χ1n) is 7.80. The molecule has 2 aromatic rings. The van der Waals surface area contributed by atoms with E-state index in [2.05, 4.69) is 39.8 Å². The minimum atomic E-state index is 0.482. The van der Waals surface area contributed by atoms with Gasteiger partial charge in [0.2, 0.25) is 0 Å². The number of nitrogens with one attached hydrogen (secondary N) is 2. The third-order valence-electron chi connectivity index (χ3n) is 3.61. The molecule has 0 saturated carbocycles. The van der Waals surface area contributed by atoms with Crippen LogP contribution in [0.15, 0.2) is 16.4 Å². The van der Waals surface area contributed by atoms with Gasteiger partial charge in [-0.3, -0.25) is 4.99 Å². The molecule has 24 heavy (non-hydrogen) atoms. The Morgan fingerprint density at radius 2 is 2.12 bits per heavy atom. The Morgan fingerprint density at radius 3 is 2.67 bits per heavy atom. The van der Waals surface area contributed by atoms with Crippen LogP contribution < -0.4 is 10.6 Å². The van der Waals surface area contributed by atoms with E-state index in [0.29, 0.717) is 22.6 Å². The summed E-state index contributed by atoms with van der Waals surface area (Å²) < 4.78 is 1.85. The van der Waals surface area contributed by atoms with Gasteiger partial charge in [0.1, 0.15) is 5.15 Å². The fourth-order valence-electron chi connectivity index (χ4n) is 2.17. The van der Waals surface area contributed by atoms with Gasteiger partial charge in [0, 0.05) is 44.1 Å². The van der Waals surface area contributed by atoms with Crippen LogP contribution in [-0.2, 0) is 20.0 Å². The first-order chi connectivity index (χ1) is 11.4. The van der Waals surface area contributed by atoms with Crippen LogP contribution in [0, 0.1) is 0 Å². The fraction of sp³-hybridized carbons (Fsp3) is 0.500. The van der Waals surface area contributed by atoms with Crippen molar-refractivity contribution in [3.8, 4) is 0 Å². The number of nitrogens with zero attached hydrogens (tertiary/aromatic N) is 3. The molecule has 5 nitrogen and oxygen atoms in total. The zero-order valence-electron chi connectivity index (χ0n) is 14.4. The van der Waals surface area contributed by atoms with Crippen molar-refractivity contribution in [3.63, 3.8) is 0 Å². The van der Waals surface area contributed by atoms with Gasteiger partial charge in [-0.25, -0.2) is 4.98 Å². The van der Waals surface area contributed by atoms with Crippen molar-refractivity contribution in [1.29, 1.82) is 0 Å². The van der Waals surface area contributed by atoms with Crippen LogP contribution in [0.4, 0.5) is 0 Å². The summed E-state index contributed by atoms with van der Waals surface area (Å²) in [7, 11) is 3.63. The largest absolute Gasteiger partial charge is 0.356 e. The van der Waals surface area contributed by atoms with Crippen molar-refractivity contribution < 1.29 is 0 Å². The summed E-state index contributed by atoms with van der Waals surface area (Å²) >= 11 is 13.8. The van der Waals surface area contributed by atoms with Crippen molar-refractivity contribution in [2.75, 3.05) is 13.6 Å². The molecule has 0 unspecified atom stereocenters. The van der Waals surface area contributed by atoms with Gasteiger partial charge in [0.15, 0.2) is 5.96 Å². The van der Waals surface area contributed by atoms with Gasteiger partial charge in [-0.1, -0.05) is 37.0 Å². The molecule has 132 valence electrons. The smallest absolute Gasteiger partial charge is 0.191 e. The Kier molecular flexibility index (Phi) is 6.95. The monoisotopic (exact) mass is 387 g/mol. The minimum Gasteiger partial charge on any atom is -0.356 e. The Morgan fingerprint density at radius 1 is 1.38 bits per heavy atom. The number of hydrogen-bond donors (Lipinski definition) is 2. The van der Waals surface area contributed by atoms with Crippen LogP contribution in [0.1, 0.15) is 36.2 Å². The highest BCUT2D eigenvalue weighted by Crippen LogP contribution is 2.24. The van der Waals surface area contributed by atoms with Crippen LogP contribution >= 0.6 is 34.5 Å². The zero-order valence-corrected chi connectivity index (χ0v) is 16.7. The predicted molar refractivity (Wildman–Crippen MR) is 104 cm³/mol. The first kappa shape index (κ1) is 19.1. The summed E-state index contributed by atoms with van der Waals surface area (Å²) in [6.07, 6.45) is 0.867. The van der Waals surface area contributed by atoms with Gasteiger partial charge in [0.05, 0.1) is 22.3 Å². The van der Waals surface area contributed by atoms with Gasteiger partial charge >= 0.3 is 0 Å². The lowest BCUT2D eigenvalue weighted by Crippen LogP contribution is -2.38. The van der Waals surface area contributed by atoms with Gasteiger partial charge in [-0.15, -0.1) is 11.3 Å². The Hall–Kier alpha value is -1.24. The van der Waals surface area contributed by atoms with E-state index in [1.54, 1.807) is 18.4 Å². The summed E-state index contributed by atoms with van der Waals surface area (Å²) in [5.74, 6) is 1.22. The molecule has 8 heteroatoms. The lowest BCUT2D eigenvalue weighted by Gasteiger charge is -2.12. The van der Waals surface area contributed by atoms with Gasteiger partial charge in [0.25, 0.3) is 0 Å². The number of hydrogen-bond acceptors (Lipinski definition) is 3. The van der Waals surface area contributed by atoms with Crippen LogP contribution in [-0.4, -0.2) is 29.1 Å². The quantitative estimate of drug-likeness (QED) is 0.584. The van der Waals surface area contributed by atoms with E-state index in [9.17, 15) is 0 Å². The third-order valence-corrected chi connectivity index (χ3v) is 5.65. The number of aromatic nitrogens is 2. The number of guanidine groups is 1. The van der Waals surface area contributed by atoms with Crippen LogP contribution in [0.3, 0.4) is 0 Å². The summed E-state index contributed by atoms with van der Waals surface area (Å²) in [5.41, 5.74) is 2.11. The summed E-state index contributed by atoms with van der Waals surface area (Å²) in [6, 6.07) is 1.85. The SMILES string of the molecule is CN=C(NCCc1csc(C(C)C)n1)NCc1cc(Cl)c(Cl)n1C. The molecule has 0 aliphatic heterocycles. The topological polar surface area (TPSA) is 54.2 Å². The van der Waals surface area contributed by atoms with Crippen molar-refractivity contribution in [2.24, 2.45) is 12.0 Å². The van der Waals surface area contributed by atoms with E-state index in [4.69, 9.17) is 23.2 Å². The standard InChI is InChI=1S/C16H23Cl2N5S/c1-10(2)15-22-11(9-24-15)5-6-20-16(19-3)21-8-12-7-13(17)14(18)23(12)4/h7,9-10H,5-6,8H2,1-4H3,(H2,19,20,21). The number of halogens is 2. The maximum atomic E-state index is 6.07. The van der Waals surface area contributed by atoms with Crippen LogP contribution in [0.25, 0.3) is 0 Å². The molecule has 2 aromatic heterocycles. The Bertz CT molecular complexity index is 705. The van der Waals surface area contributed by atoms with Crippen molar-refractivity contribution in [2.45, 2.75) is 32.7 Å². The van der Waals surface area contributed by atoms with Crippen LogP contribution in [0.5, 0.6) is 0 Å². The maximum absolute atomic E-state index is 6.07. The van der Waals surface area contributed by atoms with Crippen LogP contribution in [0.2, 0.25) is 10.2 Å². The van der Waals surface area contributed by atoms with Crippen molar-refractivity contribution in [1.82, 2.24) is 20.2 Å². The molecule has 0 aliphatic carbocycles. The van der Waals surface area contributed by atoms with Gasteiger partial charge in [-0.05, 0) is 6.07 Å². The second kappa shape index (κ2) is 8.74. The van der Waals surface area contributed by atoms with E-state index in [1.165, 1.54) is 5.01 Å². The number of aliphatic imine (C=N–C) groups is 1. The van der Waals surface area contributed by atoms with Gasteiger partial charge < -0.3 is 15.2 Å². The molecule has 0 bridgehead atoms. The molecule has 2 heterocycles. The Balaban J connectivity index is 1.81. The average Bonchev–Trinajstić information content (AvgIpc) is 3.12. The van der Waals surface area contributed by atoms with E-state index in [0.717, 1.165) is 30.3 Å². The molecular formula is C16H23Cl2N5S. The fourth-order valence-corrected chi connectivity index (χ4v) is 3.45. The molecule has 0 saturated heterocycles. The number of rotatable bonds is 6. The Labute approximate surface area is 157 Å². The van der Waals surface area contributed by atoms with E-state index in [1.807, 2.05) is 17.7 Å². The van der Waals surface area contributed by atoms with Gasteiger partial charge in [-0.2, -0.15) is 0 Å². The van der Waals surface area contributed by atoms with E-state index >= 15 is 0 Å². The highest BCUT2D eigenvalue weighted by Gasteiger charge is 2.09. The van der Waals surface area contributed by atoms with Crippen molar-refractivity contribution in [3.05, 3.63) is 38.0 Å². The molecule has 0 spiro atoms. The van der Waals surface area contributed by atoms with Crippen molar-refractivity contribution >= 4 is 40.5 Å². The van der Waals surface area contributed by atoms with E-state index < -0.39 is 0 Å². The molecule has 2 rings (SSSR count). The zero-order chi connectivity index (χ0) is 17.7. The molecule has 2 N–H and O–H groups in total. The predicted octanol–water partition coefficient (Wildman–Crippen LogP) is 3.82. The molecule has 0 radical (unpaired) electrons. The minimum absolute atomic E-state index is 0.482. The number of thiazole rings is 1. The lowest BCUT2D eigenvalue weighted by molar-refractivity contribution is 0.742. The molecule has 0 fully saturated rings. The molecule has 0 aromatic carbocycles. The third kappa shape index (κ3) is 4.88. The second-order valence-electron chi connectivity index (χ2n) is 5.77. The average molecular weight is 388 g/mol. The lowest BCUT2D eigenvalue weighted by atomic mass is 10.2. The summed E-state index contributed by atoms with van der Waals surface area (Å²) in [4.78, 5) is 8.86. The highest BCUT2D eigenvalue weighted by molar-refractivity contribution is 7.09. The second-order valence-corrected chi connectivity index (χ2v) is 7.42. The summed E-state index contributed by atoms with van der Waals surface area (Å²) in [6.45, 7) is 5.69. The molecular weight excluding hydrogens is 365 g/mol. The molecule has 0 amide bonds.